The van der Waals surface area contributed by atoms with Crippen LogP contribution in [0.4, 0.5) is 4.79 Å². The van der Waals surface area contributed by atoms with Crippen molar-refractivity contribution in [3.8, 4) is 11.8 Å². The second-order valence-corrected chi connectivity index (χ2v) is 8.98. The van der Waals surface area contributed by atoms with Gasteiger partial charge in [-0.15, -0.1) is 0 Å². The molecular weight excluding hydrogens is 410 g/mol. The van der Waals surface area contributed by atoms with Gasteiger partial charge in [-0.1, -0.05) is 30.0 Å². The van der Waals surface area contributed by atoms with Crippen molar-refractivity contribution in [3.05, 3.63) is 35.9 Å². The van der Waals surface area contributed by atoms with Crippen LogP contribution in [0, 0.1) is 17.8 Å². The van der Waals surface area contributed by atoms with E-state index < -0.39 is 11.7 Å². The molecule has 3 aliphatic heterocycles. The molecule has 3 unspecified atom stereocenters. The number of amides is 1. The number of carbonyl (C=O) groups is 1. The maximum absolute atomic E-state index is 11.3. The predicted octanol–water partition coefficient (Wildman–Crippen LogP) is 2.90. The maximum atomic E-state index is 11.3. The topological polar surface area (TPSA) is 88.5 Å². The fraction of sp³-hybridized carbons (Fsp3) is 0.640. The summed E-state index contributed by atoms with van der Waals surface area (Å²) in [6.07, 6.45) is 4.84. The first-order valence-corrected chi connectivity index (χ1v) is 11.7. The number of carboxylic acid groups (broad SMARTS) is 1. The predicted molar refractivity (Wildman–Crippen MR) is 118 cm³/mol. The second kappa shape index (κ2) is 10.7. The summed E-state index contributed by atoms with van der Waals surface area (Å²) in [5.74, 6) is 6.01. The van der Waals surface area contributed by atoms with Crippen LogP contribution in [-0.4, -0.2) is 78.0 Å². The highest BCUT2D eigenvalue weighted by Gasteiger charge is 2.50. The molecule has 0 radical (unpaired) electrons. The van der Waals surface area contributed by atoms with E-state index in [1.165, 1.54) is 4.90 Å². The zero-order valence-corrected chi connectivity index (χ0v) is 18.4. The van der Waals surface area contributed by atoms with Gasteiger partial charge in [0, 0.05) is 37.3 Å². The lowest BCUT2D eigenvalue weighted by atomic mass is 9.73. The molecule has 5 atom stereocenters. The van der Waals surface area contributed by atoms with Gasteiger partial charge in [0.1, 0.15) is 5.60 Å². The van der Waals surface area contributed by atoms with Gasteiger partial charge in [-0.05, 0) is 50.7 Å². The fourth-order valence-corrected chi connectivity index (χ4v) is 5.14. The number of hydrogen-bond acceptors (Lipinski definition) is 5. The monoisotopic (exact) mass is 443 g/mol. The van der Waals surface area contributed by atoms with Gasteiger partial charge < -0.3 is 29.3 Å². The van der Waals surface area contributed by atoms with Crippen LogP contribution in [0.25, 0.3) is 0 Å². The zero-order valence-electron chi connectivity index (χ0n) is 18.4. The Kier molecular flexibility index (Phi) is 7.69. The average molecular weight is 444 g/mol. The molecule has 0 aromatic heterocycles. The number of rotatable bonds is 2. The quantitative estimate of drug-likeness (QED) is 0.684. The summed E-state index contributed by atoms with van der Waals surface area (Å²) in [4.78, 5) is 12.7. The van der Waals surface area contributed by atoms with Gasteiger partial charge in [0.15, 0.2) is 0 Å². The van der Waals surface area contributed by atoms with Crippen LogP contribution in [0.1, 0.15) is 44.1 Å². The maximum Gasteiger partial charge on any atom is 0.407 e. The summed E-state index contributed by atoms with van der Waals surface area (Å²) >= 11 is 0. The Labute approximate surface area is 189 Å². The van der Waals surface area contributed by atoms with Crippen LogP contribution in [-0.2, 0) is 14.2 Å². The first kappa shape index (κ1) is 23.1. The molecule has 4 fully saturated rings. The van der Waals surface area contributed by atoms with Crippen LogP contribution >= 0.6 is 0 Å². The molecule has 1 aromatic carbocycles. The molecule has 0 bridgehead atoms. The molecule has 0 spiro atoms. The number of fused-ring (bicyclic) bond motifs is 1. The van der Waals surface area contributed by atoms with Gasteiger partial charge in [-0.2, -0.15) is 0 Å². The Morgan fingerprint density at radius 3 is 2.34 bits per heavy atom. The van der Waals surface area contributed by atoms with Crippen molar-refractivity contribution in [1.82, 2.24) is 4.90 Å². The summed E-state index contributed by atoms with van der Waals surface area (Å²) in [5, 5.41) is 20.1. The molecule has 5 rings (SSSR count). The number of nitrogens with zero attached hydrogens (tertiary/aromatic N) is 1. The lowest BCUT2D eigenvalue weighted by molar-refractivity contribution is -0.0186. The lowest BCUT2D eigenvalue weighted by Gasteiger charge is -2.39. The summed E-state index contributed by atoms with van der Waals surface area (Å²) in [6.45, 7) is 3.77. The molecule has 2 N–H and O–H groups in total. The number of ether oxygens (including phenoxy) is 3. The molecule has 7 heteroatoms. The van der Waals surface area contributed by atoms with Gasteiger partial charge in [-0.3, -0.25) is 0 Å². The zero-order chi connectivity index (χ0) is 22.4. The molecule has 1 aliphatic carbocycles. The molecule has 1 aromatic rings. The Morgan fingerprint density at radius 1 is 1.06 bits per heavy atom. The van der Waals surface area contributed by atoms with Gasteiger partial charge in [-0.25, -0.2) is 4.79 Å². The molecule has 174 valence electrons. The van der Waals surface area contributed by atoms with Crippen molar-refractivity contribution < 1.29 is 29.2 Å². The van der Waals surface area contributed by atoms with Crippen molar-refractivity contribution in [2.45, 2.75) is 62.4 Å². The minimum atomic E-state index is -1.07. The Bertz CT molecular complexity index is 795. The number of hydrogen-bond donors (Lipinski definition) is 2. The van der Waals surface area contributed by atoms with Crippen molar-refractivity contribution in [1.29, 1.82) is 0 Å². The first-order valence-electron chi connectivity index (χ1n) is 11.7. The third-order valence-corrected chi connectivity index (χ3v) is 6.82. The van der Waals surface area contributed by atoms with E-state index in [9.17, 15) is 15.0 Å². The molecule has 3 heterocycles. The molecule has 7 nitrogen and oxygen atoms in total. The highest BCUT2D eigenvalue weighted by atomic mass is 16.6. The van der Waals surface area contributed by atoms with Crippen molar-refractivity contribution in [2.24, 2.45) is 5.92 Å². The molecule has 3 saturated heterocycles. The Morgan fingerprint density at radius 2 is 1.75 bits per heavy atom. The summed E-state index contributed by atoms with van der Waals surface area (Å²) in [5.41, 5.74) is -0.190. The Hall–Kier alpha value is -2.11. The number of aliphatic hydroxyl groups is 1. The average Bonchev–Trinajstić information content (AvgIpc) is 3.57. The lowest BCUT2D eigenvalue weighted by Crippen LogP contribution is -2.49. The van der Waals surface area contributed by atoms with E-state index in [1.807, 2.05) is 30.3 Å². The van der Waals surface area contributed by atoms with Gasteiger partial charge in [0.25, 0.3) is 0 Å². The fourth-order valence-electron chi connectivity index (χ4n) is 5.14. The number of likely N-dealkylation sites (tertiary alicyclic amines) is 1. The third-order valence-electron chi connectivity index (χ3n) is 6.82. The minimum absolute atomic E-state index is 0.0708. The van der Waals surface area contributed by atoms with E-state index in [0.29, 0.717) is 31.6 Å². The van der Waals surface area contributed by atoms with E-state index in [0.717, 1.165) is 57.7 Å². The smallest absolute Gasteiger partial charge is 0.407 e. The van der Waals surface area contributed by atoms with Crippen LogP contribution in [0.3, 0.4) is 0 Å². The standard InChI is InChI=1S/C17H19NO3.C8H14O3/c19-16(20)18-12-9-14-15(18)7-4-10-17(14,21)11-8-13-5-2-1-3-6-13;1-3-9-5-7(1)11-8-2-4-10-6-8/h1-3,5-6,14-15,21H,4,7,9-10,12H2,(H,19,20);7-8H,1-6H2/t;7-,8-/m.0/s1. The third kappa shape index (κ3) is 5.62. The largest absolute Gasteiger partial charge is 0.465 e. The van der Waals surface area contributed by atoms with Gasteiger partial charge in [0.2, 0.25) is 0 Å². The SMILES string of the molecule is C1C[C@H](O[C@H]2CCOC2)CO1.O=C(O)N1CCC2C1CCCC2(O)C#Cc1ccccc1. The van der Waals surface area contributed by atoms with Crippen LogP contribution in [0.15, 0.2) is 30.3 Å². The van der Waals surface area contributed by atoms with Gasteiger partial charge >= 0.3 is 6.09 Å². The normalized spacial score (nSPS) is 33.6. The van der Waals surface area contributed by atoms with E-state index in [2.05, 4.69) is 11.8 Å². The molecule has 1 amide bonds. The molecule has 32 heavy (non-hydrogen) atoms. The summed E-state index contributed by atoms with van der Waals surface area (Å²) in [7, 11) is 0. The first-order chi connectivity index (χ1) is 15.5. The summed E-state index contributed by atoms with van der Waals surface area (Å²) in [6, 6.07) is 9.49. The number of benzene rings is 1. The van der Waals surface area contributed by atoms with Crippen LogP contribution in [0.5, 0.6) is 0 Å². The highest BCUT2D eigenvalue weighted by Crippen LogP contribution is 2.42. The molecule has 1 saturated carbocycles. The van der Waals surface area contributed by atoms with E-state index >= 15 is 0 Å². The van der Waals surface area contributed by atoms with Crippen molar-refractivity contribution >= 4 is 6.09 Å². The second-order valence-electron chi connectivity index (χ2n) is 8.98. The van der Waals surface area contributed by atoms with Crippen molar-refractivity contribution in [2.75, 3.05) is 33.0 Å². The van der Waals surface area contributed by atoms with E-state index in [-0.39, 0.29) is 12.0 Å². The molecular formula is C25H33NO6. The van der Waals surface area contributed by atoms with Gasteiger partial charge in [0.05, 0.1) is 25.4 Å². The van der Waals surface area contributed by atoms with Crippen molar-refractivity contribution in [3.63, 3.8) is 0 Å². The minimum Gasteiger partial charge on any atom is -0.465 e. The van der Waals surface area contributed by atoms with Crippen LogP contribution in [0.2, 0.25) is 0 Å². The summed E-state index contributed by atoms with van der Waals surface area (Å²) < 4.78 is 16.1. The molecule has 4 aliphatic rings. The Balaban J connectivity index is 0.000000186. The van der Waals surface area contributed by atoms with Crippen LogP contribution < -0.4 is 0 Å². The highest BCUT2D eigenvalue weighted by molar-refractivity contribution is 5.66. The van der Waals surface area contributed by atoms with E-state index in [1.54, 1.807) is 0 Å². The van der Waals surface area contributed by atoms with E-state index in [4.69, 9.17) is 14.2 Å².